The van der Waals surface area contributed by atoms with Gasteiger partial charge in [-0.15, -0.1) is 0 Å². The molecular weight excluding hydrogens is 320 g/mol. The lowest BCUT2D eigenvalue weighted by Gasteiger charge is -2.33. The molecule has 1 saturated heterocycles. The van der Waals surface area contributed by atoms with Crippen LogP contribution in [0.4, 0.5) is 0 Å². The molecule has 0 aromatic heterocycles. The number of ether oxygens (including phenoxy) is 1. The van der Waals surface area contributed by atoms with Gasteiger partial charge in [0.05, 0.1) is 12.7 Å². The second-order valence-corrected chi connectivity index (χ2v) is 6.87. The number of aliphatic hydroxyl groups is 1. The highest BCUT2D eigenvalue weighted by Gasteiger charge is 2.40. The maximum atomic E-state index is 12.9. The predicted octanol–water partition coefficient (Wildman–Crippen LogP) is 1.34. The monoisotopic (exact) mass is 346 g/mol. The third kappa shape index (κ3) is 3.79. The normalized spacial score (nSPS) is 22.7. The Balaban J connectivity index is 1.70. The standard InChI is InChI=1S/C19H26N2O4/c1-3-8-25-17-5-4-15-11-20(7-6-14(15)9-17)19(24)18-10-16(23)12-21(18)13(2)22/h4-5,9,16,18,23H,3,6-8,10-12H2,1-2H3/t16-,18-/m1/s1. The maximum absolute atomic E-state index is 12.9. The second kappa shape index (κ2) is 7.44. The molecule has 2 aliphatic rings. The average Bonchev–Trinajstić information content (AvgIpc) is 3.00. The van der Waals surface area contributed by atoms with E-state index in [1.54, 1.807) is 4.90 Å². The van der Waals surface area contributed by atoms with Crippen molar-refractivity contribution in [1.82, 2.24) is 9.80 Å². The predicted molar refractivity (Wildman–Crippen MR) is 93.1 cm³/mol. The summed E-state index contributed by atoms with van der Waals surface area (Å²) in [6.45, 7) is 5.64. The Bertz CT molecular complexity index is 661. The van der Waals surface area contributed by atoms with Crippen molar-refractivity contribution in [2.24, 2.45) is 0 Å². The number of rotatable bonds is 4. The number of carbonyl (C=O) groups is 2. The van der Waals surface area contributed by atoms with E-state index in [4.69, 9.17) is 4.74 Å². The highest BCUT2D eigenvalue weighted by atomic mass is 16.5. The number of β-amino-alcohol motifs (C(OH)–C–C–N with tert-alkyl or cyclic N) is 1. The number of benzene rings is 1. The lowest BCUT2D eigenvalue weighted by molar-refractivity contribution is -0.143. The van der Waals surface area contributed by atoms with Crippen molar-refractivity contribution in [3.8, 4) is 5.75 Å². The van der Waals surface area contributed by atoms with Crippen molar-refractivity contribution in [2.75, 3.05) is 19.7 Å². The largest absolute Gasteiger partial charge is 0.494 e. The molecule has 6 heteroatoms. The van der Waals surface area contributed by atoms with Crippen LogP contribution < -0.4 is 4.74 Å². The van der Waals surface area contributed by atoms with Crippen molar-refractivity contribution < 1.29 is 19.4 Å². The second-order valence-electron chi connectivity index (χ2n) is 6.87. The summed E-state index contributed by atoms with van der Waals surface area (Å²) in [5, 5.41) is 9.85. The molecule has 0 bridgehead atoms. The maximum Gasteiger partial charge on any atom is 0.245 e. The molecule has 2 heterocycles. The number of aliphatic hydroxyl groups excluding tert-OH is 1. The Morgan fingerprint density at radius 3 is 2.84 bits per heavy atom. The smallest absolute Gasteiger partial charge is 0.245 e. The van der Waals surface area contributed by atoms with Crippen molar-refractivity contribution in [3.63, 3.8) is 0 Å². The topological polar surface area (TPSA) is 70.1 Å². The third-order valence-corrected chi connectivity index (χ3v) is 4.94. The van der Waals surface area contributed by atoms with Crippen LogP contribution in [0.3, 0.4) is 0 Å². The minimum Gasteiger partial charge on any atom is -0.494 e. The van der Waals surface area contributed by atoms with Gasteiger partial charge in [-0.05, 0) is 36.1 Å². The van der Waals surface area contributed by atoms with Gasteiger partial charge in [0, 0.05) is 33.0 Å². The number of hydrogen-bond donors (Lipinski definition) is 1. The highest BCUT2D eigenvalue weighted by molar-refractivity contribution is 5.87. The van der Waals surface area contributed by atoms with Crippen LogP contribution in [0.25, 0.3) is 0 Å². The first-order chi connectivity index (χ1) is 12.0. The third-order valence-electron chi connectivity index (χ3n) is 4.94. The lowest BCUT2D eigenvalue weighted by Crippen LogP contribution is -2.48. The zero-order valence-corrected chi connectivity index (χ0v) is 14.9. The van der Waals surface area contributed by atoms with Gasteiger partial charge in [-0.25, -0.2) is 0 Å². The van der Waals surface area contributed by atoms with Gasteiger partial charge in [0.25, 0.3) is 0 Å². The summed E-state index contributed by atoms with van der Waals surface area (Å²) >= 11 is 0. The number of fused-ring (bicyclic) bond motifs is 1. The van der Waals surface area contributed by atoms with Gasteiger partial charge in [0.2, 0.25) is 11.8 Å². The van der Waals surface area contributed by atoms with Gasteiger partial charge < -0.3 is 19.6 Å². The minimum atomic E-state index is -0.617. The lowest BCUT2D eigenvalue weighted by atomic mass is 9.98. The van der Waals surface area contributed by atoms with Crippen LogP contribution in [0.5, 0.6) is 5.75 Å². The Morgan fingerprint density at radius 2 is 2.12 bits per heavy atom. The Hall–Kier alpha value is -2.08. The molecule has 0 saturated carbocycles. The fraction of sp³-hybridized carbons (Fsp3) is 0.579. The van der Waals surface area contributed by atoms with E-state index in [9.17, 15) is 14.7 Å². The number of hydrogen-bond acceptors (Lipinski definition) is 4. The zero-order valence-electron chi connectivity index (χ0n) is 14.9. The van der Waals surface area contributed by atoms with Crippen LogP contribution in [0.15, 0.2) is 18.2 Å². The fourth-order valence-corrected chi connectivity index (χ4v) is 3.63. The molecular formula is C19H26N2O4. The molecule has 2 amide bonds. The van der Waals surface area contributed by atoms with Crippen LogP contribution >= 0.6 is 0 Å². The van der Waals surface area contributed by atoms with Crippen molar-refractivity contribution >= 4 is 11.8 Å². The highest BCUT2D eigenvalue weighted by Crippen LogP contribution is 2.27. The molecule has 1 aromatic rings. The quantitative estimate of drug-likeness (QED) is 0.893. The Morgan fingerprint density at radius 1 is 1.32 bits per heavy atom. The van der Waals surface area contributed by atoms with E-state index in [-0.39, 0.29) is 18.4 Å². The van der Waals surface area contributed by atoms with Gasteiger partial charge in [0.1, 0.15) is 11.8 Å². The van der Waals surface area contributed by atoms with Gasteiger partial charge in [-0.3, -0.25) is 9.59 Å². The molecule has 6 nitrogen and oxygen atoms in total. The van der Waals surface area contributed by atoms with E-state index in [1.807, 2.05) is 12.1 Å². The van der Waals surface area contributed by atoms with Crippen LogP contribution in [0, 0.1) is 0 Å². The van der Waals surface area contributed by atoms with Crippen LogP contribution in [0.1, 0.15) is 37.8 Å². The number of carbonyl (C=O) groups excluding carboxylic acids is 2. The summed E-state index contributed by atoms with van der Waals surface area (Å²) in [7, 11) is 0. The van der Waals surface area contributed by atoms with E-state index in [0.717, 1.165) is 24.2 Å². The summed E-state index contributed by atoms with van der Waals surface area (Å²) in [5.41, 5.74) is 2.34. The molecule has 1 N–H and O–H groups in total. The van der Waals surface area contributed by atoms with Crippen molar-refractivity contribution in [1.29, 1.82) is 0 Å². The van der Waals surface area contributed by atoms with E-state index < -0.39 is 12.1 Å². The van der Waals surface area contributed by atoms with Gasteiger partial charge in [-0.1, -0.05) is 13.0 Å². The molecule has 0 spiro atoms. The molecule has 2 atom stereocenters. The van der Waals surface area contributed by atoms with E-state index in [2.05, 4.69) is 13.0 Å². The Kier molecular flexibility index (Phi) is 5.27. The first-order valence-electron chi connectivity index (χ1n) is 8.98. The molecule has 136 valence electrons. The molecule has 3 rings (SSSR count). The first kappa shape index (κ1) is 17.7. The minimum absolute atomic E-state index is 0.0660. The zero-order chi connectivity index (χ0) is 18.0. The van der Waals surface area contributed by atoms with Crippen molar-refractivity contribution in [2.45, 2.75) is 51.8 Å². The SMILES string of the molecule is CCCOc1ccc2c(c1)CCN(C(=O)[C@H]1C[C@@H](O)CN1C(C)=O)C2. The van der Waals surface area contributed by atoms with Gasteiger partial charge in [-0.2, -0.15) is 0 Å². The summed E-state index contributed by atoms with van der Waals surface area (Å²) in [6.07, 6.45) is 1.46. The molecule has 0 aliphatic carbocycles. The molecule has 1 aromatic carbocycles. The van der Waals surface area contributed by atoms with E-state index >= 15 is 0 Å². The fourth-order valence-electron chi connectivity index (χ4n) is 3.63. The van der Waals surface area contributed by atoms with E-state index in [1.165, 1.54) is 17.4 Å². The van der Waals surface area contributed by atoms with Gasteiger partial charge >= 0.3 is 0 Å². The van der Waals surface area contributed by atoms with Gasteiger partial charge in [0.15, 0.2) is 0 Å². The summed E-state index contributed by atoms with van der Waals surface area (Å²) in [5.74, 6) is 0.649. The summed E-state index contributed by atoms with van der Waals surface area (Å²) in [6, 6.07) is 5.49. The summed E-state index contributed by atoms with van der Waals surface area (Å²) < 4.78 is 5.68. The number of likely N-dealkylation sites (tertiary alicyclic amines) is 1. The van der Waals surface area contributed by atoms with Crippen LogP contribution in [0.2, 0.25) is 0 Å². The first-order valence-corrected chi connectivity index (χ1v) is 8.98. The van der Waals surface area contributed by atoms with Crippen LogP contribution in [-0.4, -0.2) is 58.6 Å². The number of nitrogens with zero attached hydrogens (tertiary/aromatic N) is 2. The molecule has 0 radical (unpaired) electrons. The molecule has 2 aliphatic heterocycles. The molecule has 1 fully saturated rings. The van der Waals surface area contributed by atoms with Crippen molar-refractivity contribution in [3.05, 3.63) is 29.3 Å². The summed E-state index contributed by atoms with van der Waals surface area (Å²) in [4.78, 5) is 27.9. The molecule has 25 heavy (non-hydrogen) atoms. The average molecular weight is 346 g/mol. The molecule has 0 unspecified atom stereocenters. The van der Waals surface area contributed by atoms with Crippen LogP contribution in [-0.2, 0) is 22.6 Å². The van der Waals surface area contributed by atoms with E-state index in [0.29, 0.717) is 26.1 Å². The number of amides is 2. The Labute approximate surface area is 148 Å².